The van der Waals surface area contributed by atoms with Gasteiger partial charge in [-0.25, -0.2) is 4.98 Å². The van der Waals surface area contributed by atoms with Gasteiger partial charge in [0.2, 0.25) is 5.88 Å². The number of hydrogen-bond acceptors (Lipinski definition) is 3. The van der Waals surface area contributed by atoms with Gasteiger partial charge in [-0.1, -0.05) is 14.9 Å². The molecule has 1 aliphatic heterocycles. The topological polar surface area (TPSA) is 42.4 Å². The Bertz CT molecular complexity index is 472. The van der Waals surface area contributed by atoms with Gasteiger partial charge in [-0.2, -0.15) is 0 Å². The number of pyridine rings is 1. The second-order valence-electron chi connectivity index (χ2n) is 4.15. The molecule has 0 saturated carbocycles. The van der Waals surface area contributed by atoms with Crippen molar-refractivity contribution in [3.63, 3.8) is 0 Å². The van der Waals surface area contributed by atoms with E-state index < -0.39 is 7.30 Å². The molecule has 0 spiro atoms. The molecule has 19 heavy (non-hydrogen) atoms. The number of carbonyl (C=O) groups is 1. The normalized spacial score (nSPS) is 17.2. The van der Waals surface area contributed by atoms with Crippen molar-refractivity contribution in [2.45, 2.75) is 13.3 Å². The van der Waals surface area contributed by atoms with E-state index in [9.17, 15) is 4.79 Å². The summed E-state index contributed by atoms with van der Waals surface area (Å²) in [6.45, 7) is 4.01. The lowest BCUT2D eigenvalue weighted by atomic mass is 10.2. The monoisotopic (exact) mass is 334 g/mol. The Morgan fingerprint density at radius 2 is 2.42 bits per heavy atom. The lowest BCUT2D eigenvalue weighted by Crippen LogP contribution is -2.34. The number of carbonyl (C=O) groups excluding carboxylic acids is 1. The highest BCUT2D eigenvalue weighted by Gasteiger charge is 2.28. The fourth-order valence-electron chi connectivity index (χ4n) is 2.01. The van der Waals surface area contributed by atoms with Gasteiger partial charge in [-0.3, -0.25) is 4.79 Å². The van der Waals surface area contributed by atoms with Crippen molar-refractivity contribution >= 4 is 44.3 Å². The molecule has 2 rings (SSSR count). The largest absolute Gasteiger partial charge is 0.475 e. The van der Waals surface area contributed by atoms with Gasteiger partial charge < -0.3 is 9.64 Å². The lowest BCUT2D eigenvalue weighted by molar-refractivity contribution is 0.0757. The average Bonchev–Trinajstić information content (AvgIpc) is 2.59. The SMILES string of the molecule is CCCN1CCOc2nccc(P(P)PP)c2C1=O. The zero-order chi connectivity index (χ0) is 13.8. The molecule has 1 aromatic heterocycles. The maximum absolute atomic E-state index is 12.7. The maximum atomic E-state index is 12.7. The molecule has 0 radical (unpaired) electrons. The third kappa shape index (κ3) is 3.43. The Balaban J connectivity index is 2.45. The van der Waals surface area contributed by atoms with Crippen molar-refractivity contribution in [3.05, 3.63) is 17.8 Å². The summed E-state index contributed by atoms with van der Waals surface area (Å²) in [7, 11) is 5.90. The van der Waals surface area contributed by atoms with E-state index in [1.807, 2.05) is 11.0 Å². The van der Waals surface area contributed by atoms with E-state index in [-0.39, 0.29) is 5.91 Å². The van der Waals surface area contributed by atoms with Crippen molar-refractivity contribution in [2.75, 3.05) is 19.7 Å². The molecule has 1 aliphatic rings. The zero-order valence-electron chi connectivity index (χ0n) is 10.8. The fraction of sp³-hybridized carbons (Fsp3) is 0.455. The molecule has 0 bridgehead atoms. The van der Waals surface area contributed by atoms with Crippen molar-refractivity contribution in [1.29, 1.82) is 0 Å². The first-order valence-corrected chi connectivity index (χ1v) is 12.7. The predicted octanol–water partition coefficient (Wildman–Crippen LogP) is 2.61. The van der Waals surface area contributed by atoms with E-state index in [0.29, 0.717) is 32.6 Å². The van der Waals surface area contributed by atoms with Gasteiger partial charge in [0.1, 0.15) is 12.2 Å². The average molecular weight is 334 g/mol. The first kappa shape index (κ1) is 15.5. The highest BCUT2D eigenvalue weighted by atomic mass is 32.6. The van der Waals surface area contributed by atoms with Gasteiger partial charge in [0, 0.05) is 18.0 Å². The number of aromatic nitrogens is 1. The summed E-state index contributed by atoms with van der Waals surface area (Å²) in [5, 5.41) is 1.08. The number of nitrogens with zero attached hydrogens (tertiary/aromatic N) is 2. The first-order chi connectivity index (χ1) is 9.19. The van der Waals surface area contributed by atoms with Crippen molar-refractivity contribution in [1.82, 2.24) is 9.88 Å². The van der Waals surface area contributed by atoms with Crippen LogP contribution >= 0.6 is 33.1 Å². The van der Waals surface area contributed by atoms with Crippen molar-refractivity contribution in [3.8, 4) is 5.88 Å². The van der Waals surface area contributed by atoms with Crippen LogP contribution in [0.1, 0.15) is 23.7 Å². The highest BCUT2D eigenvalue weighted by molar-refractivity contribution is 8.63. The number of hydrogen-bond donors (Lipinski definition) is 0. The Morgan fingerprint density at radius 3 is 3.11 bits per heavy atom. The molecule has 4 unspecified atom stereocenters. The molecular formula is C11H18N2O2P4. The van der Waals surface area contributed by atoms with E-state index in [2.05, 4.69) is 29.8 Å². The molecule has 0 N–H and O–H groups in total. The first-order valence-electron chi connectivity index (χ1n) is 6.11. The van der Waals surface area contributed by atoms with E-state index >= 15 is 0 Å². The van der Waals surface area contributed by atoms with Crippen LogP contribution < -0.4 is 10.0 Å². The van der Waals surface area contributed by atoms with Crippen LogP contribution in [-0.2, 0) is 0 Å². The molecule has 2 heterocycles. The van der Waals surface area contributed by atoms with Crippen LogP contribution in [0, 0.1) is 0 Å². The second-order valence-corrected chi connectivity index (χ2v) is 13.3. The van der Waals surface area contributed by atoms with Gasteiger partial charge in [0.05, 0.1) is 6.54 Å². The third-order valence-corrected chi connectivity index (χ3v) is 13.0. The van der Waals surface area contributed by atoms with Gasteiger partial charge in [0.15, 0.2) is 0 Å². The summed E-state index contributed by atoms with van der Waals surface area (Å²) in [6, 6.07) is 1.95. The standard InChI is InChI=1S/C11H18N2O2P4/c1-2-5-13-6-7-15-10-9(11(13)14)8(3-4-12-10)19(17)18-16/h3-4,18H,2,5-7,16-17H2,1H3. The summed E-state index contributed by atoms with van der Waals surface area (Å²) >= 11 is 0. The number of fused-ring (bicyclic) bond motifs is 1. The number of ether oxygens (including phenoxy) is 1. The zero-order valence-corrected chi connectivity index (χ0v) is 15.0. The summed E-state index contributed by atoms with van der Waals surface area (Å²) in [5.74, 6) is 0.565. The third-order valence-electron chi connectivity index (χ3n) is 2.89. The summed E-state index contributed by atoms with van der Waals surface area (Å²) in [4.78, 5) is 18.8. The molecular weight excluding hydrogens is 316 g/mol. The van der Waals surface area contributed by atoms with Gasteiger partial charge >= 0.3 is 0 Å². The van der Waals surface area contributed by atoms with E-state index in [4.69, 9.17) is 4.74 Å². The molecule has 0 aromatic carbocycles. The highest BCUT2D eigenvalue weighted by Crippen LogP contribution is 2.65. The van der Waals surface area contributed by atoms with Crippen LogP contribution in [0.5, 0.6) is 5.88 Å². The smallest absolute Gasteiger partial charge is 0.260 e. The molecule has 4 nitrogen and oxygen atoms in total. The molecule has 0 saturated heterocycles. The minimum atomic E-state index is -0.415. The summed E-state index contributed by atoms with van der Waals surface area (Å²) in [5.41, 5.74) is 0.671. The van der Waals surface area contributed by atoms with Gasteiger partial charge in [0.25, 0.3) is 5.91 Å². The van der Waals surface area contributed by atoms with Crippen LogP contribution in [0.15, 0.2) is 12.3 Å². The van der Waals surface area contributed by atoms with Crippen LogP contribution in [0.3, 0.4) is 0 Å². The Hall–Kier alpha value is 0.140. The predicted molar refractivity (Wildman–Crippen MR) is 90.2 cm³/mol. The quantitative estimate of drug-likeness (QED) is 0.795. The van der Waals surface area contributed by atoms with Crippen molar-refractivity contribution < 1.29 is 9.53 Å². The Kier molecular flexibility index (Phi) is 5.91. The summed E-state index contributed by atoms with van der Waals surface area (Å²) < 4.78 is 5.65. The molecule has 0 fully saturated rings. The number of rotatable bonds is 4. The Labute approximate surface area is 121 Å². The van der Waals surface area contributed by atoms with Crippen LogP contribution in [0.4, 0.5) is 0 Å². The molecule has 1 amide bonds. The molecule has 104 valence electrons. The van der Waals surface area contributed by atoms with E-state index in [1.165, 1.54) is 0 Å². The maximum Gasteiger partial charge on any atom is 0.260 e. The van der Waals surface area contributed by atoms with Gasteiger partial charge in [-0.15, -0.1) is 17.9 Å². The van der Waals surface area contributed by atoms with Crippen LogP contribution in [0.25, 0.3) is 0 Å². The fourth-order valence-corrected chi connectivity index (χ4v) is 5.68. The van der Waals surface area contributed by atoms with E-state index in [0.717, 1.165) is 18.3 Å². The molecule has 1 aromatic rings. The molecule has 8 heteroatoms. The minimum absolute atomic E-state index is 0.0654. The lowest BCUT2D eigenvalue weighted by Gasteiger charge is -2.21. The molecule has 4 atom stereocenters. The van der Waals surface area contributed by atoms with Crippen molar-refractivity contribution in [2.24, 2.45) is 0 Å². The summed E-state index contributed by atoms with van der Waals surface area (Å²) in [6.07, 6.45) is 2.69. The number of amides is 1. The Morgan fingerprint density at radius 1 is 1.63 bits per heavy atom. The van der Waals surface area contributed by atoms with Gasteiger partial charge in [-0.05, 0) is 19.8 Å². The van der Waals surface area contributed by atoms with Crippen LogP contribution in [0.2, 0.25) is 0 Å². The minimum Gasteiger partial charge on any atom is -0.475 e. The molecule has 0 aliphatic carbocycles. The van der Waals surface area contributed by atoms with E-state index in [1.54, 1.807) is 6.20 Å². The van der Waals surface area contributed by atoms with Crippen LogP contribution in [-0.4, -0.2) is 35.5 Å². The second kappa shape index (κ2) is 7.24.